The first-order valence-corrected chi connectivity index (χ1v) is 10.5. The fourth-order valence-electron chi connectivity index (χ4n) is 3.18. The maximum Gasteiger partial charge on any atom is 0.253 e. The molecule has 0 saturated heterocycles. The molecule has 3 aromatic carbocycles. The lowest BCUT2D eigenvalue weighted by Crippen LogP contribution is -2.41. The Morgan fingerprint density at radius 2 is 1.28 bits per heavy atom. The molecular weight excluding hydrogens is 404 g/mol. The number of hydrogen-bond acceptors (Lipinski definition) is 4. The Balaban J connectivity index is 1.91. The Kier molecular flexibility index (Phi) is 7.49. The van der Waals surface area contributed by atoms with E-state index in [0.717, 1.165) is 11.1 Å². The summed E-state index contributed by atoms with van der Waals surface area (Å²) in [6.45, 7) is 6.30. The van der Waals surface area contributed by atoms with Crippen molar-refractivity contribution in [3.05, 3.63) is 94.5 Å². The van der Waals surface area contributed by atoms with Crippen LogP contribution in [0.1, 0.15) is 50.5 Å². The highest BCUT2D eigenvalue weighted by molar-refractivity contribution is 5.96. The van der Waals surface area contributed by atoms with Gasteiger partial charge < -0.3 is 20.1 Å². The molecule has 0 spiro atoms. The number of hydrogen-bond donors (Lipinski definition) is 2. The van der Waals surface area contributed by atoms with Crippen molar-refractivity contribution in [2.24, 2.45) is 0 Å². The number of nitrogens with one attached hydrogen (secondary N) is 2. The molecule has 0 atom stereocenters. The fourth-order valence-corrected chi connectivity index (χ4v) is 3.18. The number of carbonyl (C=O) groups is 2. The molecule has 6 heteroatoms. The maximum absolute atomic E-state index is 12.9. The van der Waals surface area contributed by atoms with E-state index in [1.807, 2.05) is 45.0 Å². The first-order chi connectivity index (χ1) is 15.4. The van der Waals surface area contributed by atoms with E-state index in [1.165, 1.54) is 0 Å². The molecule has 0 aromatic heterocycles. The molecule has 0 heterocycles. The quantitative estimate of drug-likeness (QED) is 0.511. The lowest BCUT2D eigenvalue weighted by molar-refractivity contribution is 0.0883. The Morgan fingerprint density at radius 1 is 0.781 bits per heavy atom. The van der Waals surface area contributed by atoms with Crippen LogP contribution in [0.3, 0.4) is 0 Å². The predicted octanol–water partition coefficient (Wildman–Crippen LogP) is 4.57. The average molecular weight is 433 g/mol. The van der Waals surface area contributed by atoms with E-state index in [2.05, 4.69) is 10.6 Å². The van der Waals surface area contributed by atoms with E-state index in [1.54, 1.807) is 49.6 Å². The van der Waals surface area contributed by atoms with Gasteiger partial charge in [-0.05, 0) is 62.7 Å². The van der Waals surface area contributed by atoms with Crippen molar-refractivity contribution in [1.82, 2.24) is 10.6 Å². The number of benzene rings is 3. The molecule has 32 heavy (non-hydrogen) atoms. The number of carbonyl (C=O) groups excluding carboxylic acids is 2. The molecule has 0 aliphatic rings. The van der Waals surface area contributed by atoms with Crippen LogP contribution in [0, 0.1) is 13.8 Å². The third kappa shape index (κ3) is 5.66. The van der Waals surface area contributed by atoms with Gasteiger partial charge in [-0.2, -0.15) is 0 Å². The molecule has 3 aromatic rings. The van der Waals surface area contributed by atoms with Crippen LogP contribution in [0.25, 0.3) is 0 Å². The summed E-state index contributed by atoms with van der Waals surface area (Å²) in [5.41, 5.74) is 3.78. The zero-order chi connectivity index (χ0) is 23.1. The Morgan fingerprint density at radius 3 is 1.72 bits per heavy atom. The maximum atomic E-state index is 12.9. The van der Waals surface area contributed by atoms with Crippen LogP contribution in [0.2, 0.25) is 0 Å². The normalized spacial score (nSPS) is 10.5. The highest BCUT2D eigenvalue weighted by Gasteiger charge is 2.21. The highest BCUT2D eigenvalue weighted by Crippen LogP contribution is 2.30. The molecule has 0 unspecified atom stereocenters. The van der Waals surface area contributed by atoms with Crippen LogP contribution in [0.4, 0.5) is 0 Å². The second-order valence-corrected chi connectivity index (χ2v) is 7.46. The summed E-state index contributed by atoms with van der Waals surface area (Å²) in [4.78, 5) is 25.8. The van der Waals surface area contributed by atoms with E-state index in [4.69, 9.17) is 9.47 Å². The van der Waals surface area contributed by atoms with Crippen molar-refractivity contribution >= 4 is 11.8 Å². The van der Waals surface area contributed by atoms with Gasteiger partial charge in [-0.1, -0.05) is 41.5 Å². The van der Waals surface area contributed by atoms with Gasteiger partial charge in [0.15, 0.2) is 11.5 Å². The van der Waals surface area contributed by atoms with Crippen molar-refractivity contribution in [3.63, 3.8) is 0 Å². The summed E-state index contributed by atoms with van der Waals surface area (Å²) in [5, 5.41) is 5.83. The van der Waals surface area contributed by atoms with Crippen LogP contribution in [0.15, 0.2) is 66.7 Å². The Hall–Kier alpha value is -3.80. The van der Waals surface area contributed by atoms with Crippen molar-refractivity contribution in [1.29, 1.82) is 0 Å². The van der Waals surface area contributed by atoms with Crippen LogP contribution in [-0.4, -0.2) is 25.5 Å². The second-order valence-electron chi connectivity index (χ2n) is 7.46. The number of rotatable bonds is 8. The first kappa shape index (κ1) is 22.9. The lowest BCUT2D eigenvalue weighted by atomic mass is 10.1. The van der Waals surface area contributed by atoms with Gasteiger partial charge in [0.05, 0.1) is 13.7 Å². The zero-order valence-corrected chi connectivity index (χ0v) is 18.8. The lowest BCUT2D eigenvalue weighted by Gasteiger charge is -2.22. The van der Waals surface area contributed by atoms with Gasteiger partial charge in [0.25, 0.3) is 11.8 Å². The number of ether oxygens (including phenoxy) is 2. The van der Waals surface area contributed by atoms with E-state index in [-0.39, 0.29) is 11.8 Å². The molecule has 0 saturated carbocycles. The molecule has 0 aliphatic heterocycles. The summed E-state index contributed by atoms with van der Waals surface area (Å²) < 4.78 is 11.0. The summed E-state index contributed by atoms with van der Waals surface area (Å²) in [6.07, 6.45) is -0.776. The average Bonchev–Trinajstić information content (AvgIpc) is 2.80. The molecule has 3 rings (SSSR count). The van der Waals surface area contributed by atoms with Crippen LogP contribution in [0.5, 0.6) is 11.5 Å². The van der Waals surface area contributed by atoms with Gasteiger partial charge in [0, 0.05) is 11.1 Å². The monoisotopic (exact) mass is 432 g/mol. The SMILES string of the molecule is CCOc1ccc(C(NC(=O)c2ccc(C)cc2)NC(=O)c2ccc(C)cc2)cc1OC. The summed E-state index contributed by atoms with van der Waals surface area (Å²) in [5.74, 6) is 0.509. The minimum absolute atomic E-state index is 0.299. The molecule has 6 nitrogen and oxygen atoms in total. The highest BCUT2D eigenvalue weighted by atomic mass is 16.5. The summed E-state index contributed by atoms with van der Waals surface area (Å²) >= 11 is 0. The van der Waals surface area contributed by atoms with Gasteiger partial charge in [-0.25, -0.2) is 0 Å². The molecule has 2 N–H and O–H groups in total. The standard InChI is InChI=1S/C26H28N2O4/c1-5-32-22-15-14-21(16-23(22)31-4)24(27-25(29)19-10-6-17(2)7-11-19)28-26(30)20-12-8-18(3)9-13-20/h6-16,24H,5H2,1-4H3,(H,27,29)(H,28,30). The van der Waals surface area contributed by atoms with E-state index in [9.17, 15) is 9.59 Å². The topological polar surface area (TPSA) is 76.7 Å². The Bertz CT molecular complexity index is 1020. The van der Waals surface area contributed by atoms with Crippen molar-refractivity contribution in [3.8, 4) is 11.5 Å². The van der Waals surface area contributed by atoms with E-state index in [0.29, 0.717) is 34.8 Å². The third-order valence-electron chi connectivity index (χ3n) is 5.00. The summed E-state index contributed by atoms with van der Waals surface area (Å²) in [7, 11) is 1.55. The van der Waals surface area contributed by atoms with Crippen molar-refractivity contribution in [2.45, 2.75) is 26.9 Å². The van der Waals surface area contributed by atoms with Crippen molar-refractivity contribution < 1.29 is 19.1 Å². The van der Waals surface area contributed by atoms with Gasteiger partial charge >= 0.3 is 0 Å². The minimum Gasteiger partial charge on any atom is -0.493 e. The number of aryl methyl sites for hydroxylation is 2. The van der Waals surface area contributed by atoms with Crippen LogP contribution >= 0.6 is 0 Å². The summed E-state index contributed by atoms with van der Waals surface area (Å²) in [6, 6.07) is 19.8. The van der Waals surface area contributed by atoms with Gasteiger partial charge in [0.1, 0.15) is 6.17 Å². The van der Waals surface area contributed by atoms with Crippen LogP contribution in [-0.2, 0) is 0 Å². The smallest absolute Gasteiger partial charge is 0.253 e. The minimum atomic E-state index is -0.776. The molecule has 166 valence electrons. The molecule has 0 bridgehead atoms. The predicted molar refractivity (Wildman–Crippen MR) is 124 cm³/mol. The molecule has 0 aliphatic carbocycles. The number of amides is 2. The largest absolute Gasteiger partial charge is 0.493 e. The first-order valence-electron chi connectivity index (χ1n) is 10.5. The van der Waals surface area contributed by atoms with E-state index >= 15 is 0 Å². The Labute approximate surface area is 188 Å². The molecule has 0 fully saturated rings. The fraction of sp³-hybridized carbons (Fsp3) is 0.231. The molecule has 2 amide bonds. The second kappa shape index (κ2) is 10.5. The van der Waals surface area contributed by atoms with Gasteiger partial charge in [0.2, 0.25) is 0 Å². The molecule has 0 radical (unpaired) electrons. The van der Waals surface area contributed by atoms with E-state index < -0.39 is 6.17 Å². The third-order valence-corrected chi connectivity index (χ3v) is 5.00. The molecular formula is C26H28N2O4. The van der Waals surface area contributed by atoms with Gasteiger partial charge in [-0.3, -0.25) is 9.59 Å². The zero-order valence-electron chi connectivity index (χ0n) is 18.8. The van der Waals surface area contributed by atoms with Gasteiger partial charge in [-0.15, -0.1) is 0 Å². The number of methoxy groups -OCH3 is 1. The van der Waals surface area contributed by atoms with Crippen LogP contribution < -0.4 is 20.1 Å². The van der Waals surface area contributed by atoms with Crippen molar-refractivity contribution in [2.75, 3.05) is 13.7 Å².